The third-order valence-electron chi connectivity index (χ3n) is 2.08. The molecule has 0 aliphatic rings. The number of benzene rings is 1. The van der Waals surface area contributed by atoms with E-state index in [1.165, 1.54) is 12.1 Å². The van der Waals surface area contributed by atoms with Crippen LogP contribution in [0.25, 0.3) is 0 Å². The van der Waals surface area contributed by atoms with E-state index in [-0.39, 0.29) is 18.1 Å². The van der Waals surface area contributed by atoms with E-state index in [2.05, 4.69) is 4.74 Å². The molecule has 6 heteroatoms. The second kappa shape index (κ2) is 7.50. The Balaban J connectivity index is 2.65. The monoisotopic (exact) mass is 370 g/mol. The Morgan fingerprint density at radius 1 is 1.39 bits per heavy atom. The number of aryl methyl sites for hydroxylation is 1. The fraction of sp³-hybridized carbons (Fsp3) is 0.417. The van der Waals surface area contributed by atoms with E-state index in [4.69, 9.17) is 4.74 Å². The Hall–Kier alpha value is -0.920. The summed E-state index contributed by atoms with van der Waals surface area (Å²) in [5, 5.41) is 0. The zero-order valence-corrected chi connectivity index (χ0v) is 11.9. The van der Waals surface area contributed by atoms with E-state index in [0.717, 1.165) is 9.13 Å². The molecule has 3 nitrogen and oxygen atoms in total. The van der Waals surface area contributed by atoms with Crippen LogP contribution in [-0.2, 0) is 16.0 Å². The van der Waals surface area contributed by atoms with Crippen molar-refractivity contribution in [2.75, 3.05) is 6.61 Å². The van der Waals surface area contributed by atoms with Crippen LogP contribution in [0.1, 0.15) is 18.9 Å². The van der Waals surface area contributed by atoms with Crippen LogP contribution < -0.4 is 4.74 Å². The molecule has 0 N–H and O–H groups in total. The van der Waals surface area contributed by atoms with Crippen molar-refractivity contribution < 1.29 is 23.0 Å². The number of ether oxygens (including phenoxy) is 2. The molecule has 0 amide bonds. The third-order valence-corrected chi connectivity index (χ3v) is 2.70. The van der Waals surface area contributed by atoms with Gasteiger partial charge in [-0.1, -0.05) is 0 Å². The lowest BCUT2D eigenvalue weighted by atomic mass is 10.1. The molecule has 1 aromatic carbocycles. The first kappa shape index (κ1) is 15.1. The molecule has 0 aromatic heterocycles. The van der Waals surface area contributed by atoms with E-state index < -0.39 is 6.61 Å². The van der Waals surface area contributed by atoms with Crippen molar-refractivity contribution in [1.29, 1.82) is 0 Å². The Kier molecular flexibility index (Phi) is 6.31. The van der Waals surface area contributed by atoms with Gasteiger partial charge in [-0.2, -0.15) is 8.78 Å². The molecule has 1 aromatic rings. The Bertz CT molecular complexity index is 410. The van der Waals surface area contributed by atoms with E-state index in [0.29, 0.717) is 13.0 Å². The normalized spacial score (nSPS) is 10.5. The lowest BCUT2D eigenvalue weighted by Crippen LogP contribution is -2.06. The number of rotatable bonds is 6. The van der Waals surface area contributed by atoms with Gasteiger partial charge in [-0.05, 0) is 59.7 Å². The highest BCUT2D eigenvalue weighted by molar-refractivity contribution is 14.1. The maximum Gasteiger partial charge on any atom is 0.387 e. The van der Waals surface area contributed by atoms with Crippen LogP contribution >= 0.6 is 22.6 Å². The molecule has 0 unspecified atom stereocenters. The molecule has 0 fully saturated rings. The van der Waals surface area contributed by atoms with Gasteiger partial charge in [0.25, 0.3) is 0 Å². The molecular weight excluding hydrogens is 357 g/mol. The summed E-state index contributed by atoms with van der Waals surface area (Å²) in [5.74, 6) is -0.191. The van der Waals surface area contributed by atoms with Crippen molar-refractivity contribution in [2.24, 2.45) is 0 Å². The van der Waals surface area contributed by atoms with Crippen LogP contribution in [0.15, 0.2) is 18.2 Å². The molecule has 0 saturated heterocycles. The average Bonchev–Trinajstić information content (AvgIpc) is 2.25. The number of alkyl halides is 2. The molecular formula is C12H13F2IO3. The fourth-order valence-corrected chi connectivity index (χ4v) is 2.12. The smallest absolute Gasteiger partial charge is 0.387 e. The first-order valence-electron chi connectivity index (χ1n) is 5.41. The molecule has 0 aliphatic carbocycles. The Morgan fingerprint density at radius 3 is 2.72 bits per heavy atom. The van der Waals surface area contributed by atoms with Gasteiger partial charge in [0.2, 0.25) is 0 Å². The SMILES string of the molecule is CCOC(=O)CCc1cc(I)cc(OC(F)F)c1. The molecule has 0 bridgehead atoms. The predicted octanol–water partition coefficient (Wildman–Crippen LogP) is 3.39. The van der Waals surface area contributed by atoms with Crippen molar-refractivity contribution in [3.63, 3.8) is 0 Å². The van der Waals surface area contributed by atoms with Gasteiger partial charge in [0.1, 0.15) is 5.75 Å². The van der Waals surface area contributed by atoms with Gasteiger partial charge >= 0.3 is 12.6 Å². The molecule has 0 atom stereocenters. The Labute approximate surface area is 118 Å². The third kappa shape index (κ3) is 5.61. The summed E-state index contributed by atoms with van der Waals surface area (Å²) in [7, 11) is 0. The highest BCUT2D eigenvalue weighted by atomic mass is 127. The maximum atomic E-state index is 12.1. The minimum absolute atomic E-state index is 0.107. The lowest BCUT2D eigenvalue weighted by Gasteiger charge is -2.08. The first-order chi connectivity index (χ1) is 8.51. The van der Waals surface area contributed by atoms with Crippen molar-refractivity contribution in [3.8, 4) is 5.75 Å². The highest BCUT2D eigenvalue weighted by Crippen LogP contribution is 2.21. The fourth-order valence-electron chi connectivity index (χ4n) is 1.42. The van der Waals surface area contributed by atoms with Gasteiger partial charge in [-0.25, -0.2) is 0 Å². The molecule has 100 valence electrons. The lowest BCUT2D eigenvalue weighted by molar-refractivity contribution is -0.143. The van der Waals surface area contributed by atoms with E-state index >= 15 is 0 Å². The van der Waals surface area contributed by atoms with E-state index in [1.807, 2.05) is 28.7 Å². The van der Waals surface area contributed by atoms with E-state index in [1.54, 1.807) is 6.92 Å². The van der Waals surface area contributed by atoms with Gasteiger partial charge in [0.05, 0.1) is 6.61 Å². The minimum Gasteiger partial charge on any atom is -0.466 e. The number of hydrogen-bond donors (Lipinski definition) is 0. The minimum atomic E-state index is -2.85. The van der Waals surface area contributed by atoms with Crippen molar-refractivity contribution >= 4 is 28.6 Å². The summed E-state index contributed by atoms with van der Waals surface area (Å²) in [4.78, 5) is 11.2. The summed E-state index contributed by atoms with van der Waals surface area (Å²) in [5.41, 5.74) is 0.769. The zero-order chi connectivity index (χ0) is 13.5. The molecule has 0 aliphatic heterocycles. The molecule has 0 saturated carbocycles. The first-order valence-corrected chi connectivity index (χ1v) is 6.49. The summed E-state index contributed by atoms with van der Waals surface area (Å²) in [6.07, 6.45) is 0.664. The van der Waals surface area contributed by atoms with Gasteiger partial charge in [-0.3, -0.25) is 4.79 Å². The quantitative estimate of drug-likeness (QED) is 0.569. The number of hydrogen-bond acceptors (Lipinski definition) is 3. The molecule has 0 spiro atoms. The average molecular weight is 370 g/mol. The highest BCUT2D eigenvalue weighted by Gasteiger charge is 2.08. The zero-order valence-electron chi connectivity index (χ0n) is 9.79. The predicted molar refractivity (Wildman–Crippen MR) is 70.7 cm³/mol. The van der Waals surface area contributed by atoms with Gasteiger partial charge in [-0.15, -0.1) is 0 Å². The van der Waals surface area contributed by atoms with Crippen molar-refractivity contribution in [2.45, 2.75) is 26.4 Å². The second-order valence-electron chi connectivity index (χ2n) is 3.48. The summed E-state index contributed by atoms with van der Waals surface area (Å²) in [6, 6.07) is 4.84. The summed E-state index contributed by atoms with van der Waals surface area (Å²) >= 11 is 2.01. The van der Waals surface area contributed by atoms with Crippen molar-refractivity contribution in [3.05, 3.63) is 27.3 Å². The van der Waals surface area contributed by atoms with Gasteiger partial charge in [0, 0.05) is 9.99 Å². The van der Waals surface area contributed by atoms with Crippen molar-refractivity contribution in [1.82, 2.24) is 0 Å². The van der Waals surface area contributed by atoms with Crippen LogP contribution in [-0.4, -0.2) is 19.2 Å². The molecule has 1 rings (SSSR count). The summed E-state index contributed by atoms with van der Waals surface area (Å²) < 4.78 is 34.1. The number of esters is 1. The standard InChI is InChI=1S/C12H13F2IO3/c1-2-17-11(16)4-3-8-5-9(15)7-10(6-8)18-12(13)14/h5-7,12H,2-4H2,1H3. The molecule has 18 heavy (non-hydrogen) atoms. The molecule has 0 radical (unpaired) electrons. The topological polar surface area (TPSA) is 35.5 Å². The Morgan fingerprint density at radius 2 is 2.11 bits per heavy atom. The van der Waals surface area contributed by atoms with Crippen LogP contribution in [0, 0.1) is 3.57 Å². The van der Waals surface area contributed by atoms with Crippen LogP contribution in [0.2, 0.25) is 0 Å². The van der Waals surface area contributed by atoms with Gasteiger partial charge < -0.3 is 9.47 Å². The number of carbonyl (C=O) groups is 1. The van der Waals surface area contributed by atoms with Crippen LogP contribution in [0.3, 0.4) is 0 Å². The van der Waals surface area contributed by atoms with Crippen LogP contribution in [0.4, 0.5) is 8.78 Å². The second-order valence-corrected chi connectivity index (χ2v) is 4.72. The van der Waals surface area contributed by atoms with Gasteiger partial charge in [0.15, 0.2) is 0 Å². The van der Waals surface area contributed by atoms with E-state index in [9.17, 15) is 13.6 Å². The largest absolute Gasteiger partial charge is 0.466 e. The number of halogens is 3. The number of carbonyl (C=O) groups excluding carboxylic acids is 1. The summed E-state index contributed by atoms with van der Waals surface area (Å²) in [6.45, 7) is -0.774. The van der Waals surface area contributed by atoms with Crippen LogP contribution in [0.5, 0.6) is 5.75 Å². The molecule has 0 heterocycles. The maximum absolute atomic E-state index is 12.1.